The molecule has 1 amide bonds. The topological polar surface area (TPSA) is 33.5 Å². The highest BCUT2D eigenvalue weighted by molar-refractivity contribution is 5.84. The Bertz CT molecular complexity index is 690. The summed E-state index contributed by atoms with van der Waals surface area (Å²) in [5.41, 5.74) is 1.65. The van der Waals surface area contributed by atoms with E-state index in [1.165, 1.54) is 0 Å². The molecule has 0 fully saturated rings. The minimum absolute atomic E-state index is 0.0516. The molecule has 0 aliphatic carbocycles. The maximum atomic E-state index is 12.6. The summed E-state index contributed by atoms with van der Waals surface area (Å²) < 4.78 is 43.6. The Hall–Kier alpha value is -1.98. The summed E-state index contributed by atoms with van der Waals surface area (Å²) in [6.45, 7) is 1.67. The molecule has 0 bridgehead atoms. The van der Waals surface area contributed by atoms with E-state index in [-0.39, 0.29) is 6.54 Å². The summed E-state index contributed by atoms with van der Waals surface area (Å²) in [5, 5.41) is 0.918. The van der Waals surface area contributed by atoms with Gasteiger partial charge in [-0.2, -0.15) is 13.2 Å². The van der Waals surface area contributed by atoms with Crippen molar-refractivity contribution >= 4 is 16.9 Å². The first-order valence-corrected chi connectivity index (χ1v) is 6.75. The van der Waals surface area contributed by atoms with Gasteiger partial charge in [-0.1, -0.05) is 18.2 Å². The fourth-order valence-corrected chi connectivity index (χ4v) is 2.88. The first-order valence-electron chi connectivity index (χ1n) is 6.75. The van der Waals surface area contributed by atoms with Crippen LogP contribution in [0.25, 0.3) is 11.0 Å². The van der Waals surface area contributed by atoms with E-state index in [1.54, 1.807) is 6.92 Å². The number of carbonyl (C=O) groups excluding carboxylic acids is 1. The number of benzene rings is 1. The number of furan rings is 1. The first kappa shape index (κ1) is 14.0. The predicted octanol–water partition coefficient (Wildman–Crippen LogP) is 3.31. The largest absolute Gasteiger partial charge is 0.471 e. The molecule has 0 saturated carbocycles. The normalized spacial score (nSPS) is 19.4. The molecular formula is C15H14F3NO2. The fraction of sp³-hybridized carbons (Fsp3) is 0.400. The maximum absolute atomic E-state index is 12.6. The van der Waals surface area contributed by atoms with Gasteiger partial charge in [-0.25, -0.2) is 0 Å². The summed E-state index contributed by atoms with van der Waals surface area (Å²) >= 11 is 0. The second-order valence-electron chi connectivity index (χ2n) is 5.30. The van der Waals surface area contributed by atoms with Crippen molar-refractivity contribution in [1.29, 1.82) is 0 Å². The van der Waals surface area contributed by atoms with Gasteiger partial charge in [-0.3, -0.25) is 4.79 Å². The van der Waals surface area contributed by atoms with E-state index in [1.807, 2.05) is 24.3 Å². The Morgan fingerprint density at radius 2 is 2.05 bits per heavy atom. The molecule has 0 N–H and O–H groups in total. The van der Waals surface area contributed by atoms with Gasteiger partial charge in [0.15, 0.2) is 0 Å². The minimum atomic E-state index is -4.83. The van der Waals surface area contributed by atoms with Crippen LogP contribution in [0, 0.1) is 0 Å². The van der Waals surface area contributed by atoms with E-state index in [0.29, 0.717) is 18.6 Å². The van der Waals surface area contributed by atoms with E-state index in [2.05, 4.69) is 0 Å². The van der Waals surface area contributed by atoms with E-state index in [9.17, 15) is 18.0 Å². The van der Waals surface area contributed by atoms with Crippen molar-refractivity contribution < 1.29 is 22.4 Å². The third kappa shape index (κ3) is 2.39. The Morgan fingerprint density at radius 1 is 1.33 bits per heavy atom. The van der Waals surface area contributed by atoms with Crippen LogP contribution in [0.2, 0.25) is 0 Å². The number of hydrogen-bond acceptors (Lipinski definition) is 2. The zero-order valence-electron chi connectivity index (χ0n) is 11.4. The van der Waals surface area contributed by atoms with Gasteiger partial charge in [-0.05, 0) is 19.4 Å². The average Bonchev–Trinajstić information content (AvgIpc) is 2.67. The summed E-state index contributed by atoms with van der Waals surface area (Å²) in [6, 6.07) is 6.91. The zero-order chi connectivity index (χ0) is 15.2. The van der Waals surface area contributed by atoms with Crippen LogP contribution in [-0.2, 0) is 17.6 Å². The van der Waals surface area contributed by atoms with E-state index in [0.717, 1.165) is 21.4 Å². The molecule has 3 nitrogen and oxygen atoms in total. The van der Waals surface area contributed by atoms with Crippen LogP contribution < -0.4 is 0 Å². The number of carbonyl (C=O) groups is 1. The smallest absolute Gasteiger partial charge is 0.461 e. The Labute approximate surface area is 119 Å². The van der Waals surface area contributed by atoms with Gasteiger partial charge in [0.05, 0.1) is 0 Å². The first-order chi connectivity index (χ1) is 9.88. The average molecular weight is 297 g/mol. The van der Waals surface area contributed by atoms with Crippen molar-refractivity contribution in [3.63, 3.8) is 0 Å². The monoisotopic (exact) mass is 297 g/mol. The number of nitrogens with zero attached hydrogens (tertiary/aromatic N) is 1. The molecule has 1 atom stereocenters. The lowest BCUT2D eigenvalue weighted by Crippen LogP contribution is -2.46. The summed E-state index contributed by atoms with van der Waals surface area (Å²) in [6.07, 6.45) is -4.16. The number of fused-ring (bicyclic) bond motifs is 3. The molecule has 2 aromatic rings. The molecule has 0 saturated heterocycles. The highest BCUT2D eigenvalue weighted by Crippen LogP contribution is 2.31. The third-order valence-electron chi connectivity index (χ3n) is 3.90. The summed E-state index contributed by atoms with van der Waals surface area (Å²) in [4.78, 5) is 12.4. The molecule has 0 radical (unpaired) electrons. The van der Waals surface area contributed by atoms with Gasteiger partial charge in [0.25, 0.3) is 0 Å². The van der Waals surface area contributed by atoms with Crippen molar-refractivity contribution in [3.05, 3.63) is 35.6 Å². The molecule has 1 aromatic carbocycles. The van der Waals surface area contributed by atoms with E-state index < -0.39 is 18.1 Å². The molecule has 3 rings (SSSR count). The van der Waals surface area contributed by atoms with Crippen molar-refractivity contribution in [2.45, 2.75) is 32.0 Å². The van der Waals surface area contributed by atoms with Crippen LogP contribution in [-0.4, -0.2) is 29.6 Å². The highest BCUT2D eigenvalue weighted by atomic mass is 19.4. The van der Waals surface area contributed by atoms with Crippen molar-refractivity contribution in [2.24, 2.45) is 0 Å². The standard InChI is InChI=1S/C15H14F3NO2/c1-9-8-13-11(10-4-2-3-5-12(10)21-13)6-7-19(9)14(20)15(16,17)18/h2-5,9H,6-8H2,1H3. The molecule has 21 heavy (non-hydrogen) atoms. The lowest BCUT2D eigenvalue weighted by atomic mass is 10.1. The number of alkyl halides is 3. The van der Waals surface area contributed by atoms with Crippen LogP contribution in [0.5, 0.6) is 0 Å². The molecule has 1 aliphatic heterocycles. The van der Waals surface area contributed by atoms with Crippen LogP contribution in [0.3, 0.4) is 0 Å². The molecule has 1 aliphatic rings. The molecule has 112 valence electrons. The second-order valence-corrected chi connectivity index (χ2v) is 5.30. The SMILES string of the molecule is CC1Cc2oc3ccccc3c2CCN1C(=O)C(F)(F)F. The lowest BCUT2D eigenvalue weighted by Gasteiger charge is -2.27. The lowest BCUT2D eigenvalue weighted by molar-refractivity contribution is -0.187. The van der Waals surface area contributed by atoms with Crippen LogP contribution >= 0.6 is 0 Å². The van der Waals surface area contributed by atoms with Crippen molar-refractivity contribution in [3.8, 4) is 0 Å². The predicted molar refractivity (Wildman–Crippen MR) is 70.9 cm³/mol. The molecule has 2 heterocycles. The quantitative estimate of drug-likeness (QED) is 0.747. The van der Waals surface area contributed by atoms with Crippen molar-refractivity contribution in [1.82, 2.24) is 4.90 Å². The molecule has 1 aromatic heterocycles. The number of amides is 1. The van der Waals surface area contributed by atoms with Gasteiger partial charge >= 0.3 is 12.1 Å². The maximum Gasteiger partial charge on any atom is 0.471 e. The number of para-hydroxylation sites is 1. The van der Waals surface area contributed by atoms with Gasteiger partial charge in [0.1, 0.15) is 11.3 Å². The van der Waals surface area contributed by atoms with Gasteiger partial charge in [-0.15, -0.1) is 0 Å². The van der Waals surface area contributed by atoms with Gasteiger partial charge in [0, 0.05) is 30.0 Å². The molecule has 6 heteroatoms. The summed E-state index contributed by atoms with van der Waals surface area (Å²) in [7, 11) is 0. The highest BCUT2D eigenvalue weighted by Gasteiger charge is 2.44. The Morgan fingerprint density at radius 3 is 2.76 bits per heavy atom. The third-order valence-corrected chi connectivity index (χ3v) is 3.90. The van der Waals surface area contributed by atoms with Gasteiger partial charge in [0.2, 0.25) is 0 Å². The molecular weight excluding hydrogens is 283 g/mol. The molecule has 0 spiro atoms. The van der Waals surface area contributed by atoms with E-state index >= 15 is 0 Å². The van der Waals surface area contributed by atoms with Crippen molar-refractivity contribution in [2.75, 3.05) is 6.54 Å². The van der Waals surface area contributed by atoms with E-state index in [4.69, 9.17) is 4.42 Å². The molecule has 1 unspecified atom stereocenters. The zero-order valence-corrected chi connectivity index (χ0v) is 11.4. The minimum Gasteiger partial charge on any atom is -0.461 e. The van der Waals surface area contributed by atoms with Crippen LogP contribution in [0.15, 0.2) is 28.7 Å². The summed E-state index contributed by atoms with van der Waals surface area (Å²) in [5.74, 6) is -1.09. The number of rotatable bonds is 0. The van der Waals surface area contributed by atoms with Crippen LogP contribution in [0.1, 0.15) is 18.2 Å². The Kier molecular flexibility index (Phi) is 3.19. The second kappa shape index (κ2) is 4.79. The van der Waals surface area contributed by atoms with Crippen LogP contribution in [0.4, 0.5) is 13.2 Å². The fourth-order valence-electron chi connectivity index (χ4n) is 2.88. The number of hydrogen-bond donors (Lipinski definition) is 0. The van der Waals surface area contributed by atoms with Gasteiger partial charge < -0.3 is 9.32 Å². The number of halogens is 3. The Balaban J connectivity index is 1.94.